The van der Waals surface area contributed by atoms with Crippen molar-refractivity contribution >= 4 is 23.5 Å². The molecule has 9 nitrogen and oxygen atoms in total. The normalized spacial score (nSPS) is 27.5. The van der Waals surface area contributed by atoms with E-state index in [1.54, 1.807) is 13.2 Å². The number of amides is 3. The molecule has 2 aromatic heterocycles. The molecule has 0 radical (unpaired) electrons. The van der Waals surface area contributed by atoms with Crippen LogP contribution in [0.5, 0.6) is 0 Å². The molecule has 0 unspecified atom stereocenters. The molecule has 4 atom stereocenters. The molecule has 0 bridgehead atoms. The predicted octanol–water partition coefficient (Wildman–Crippen LogP) is 3.02. The Labute approximate surface area is 215 Å². The van der Waals surface area contributed by atoms with Crippen LogP contribution >= 0.6 is 0 Å². The van der Waals surface area contributed by atoms with E-state index in [1.165, 1.54) is 13.0 Å². The van der Waals surface area contributed by atoms with Crippen molar-refractivity contribution in [3.63, 3.8) is 0 Å². The van der Waals surface area contributed by atoms with E-state index in [1.807, 2.05) is 4.57 Å². The Kier molecular flexibility index (Phi) is 6.13. The summed E-state index contributed by atoms with van der Waals surface area (Å²) < 4.78 is 22.8. The molecule has 1 aliphatic heterocycles. The summed E-state index contributed by atoms with van der Waals surface area (Å²) in [6.07, 6.45) is 4.41. The molecule has 2 fully saturated rings. The van der Waals surface area contributed by atoms with E-state index in [2.05, 4.69) is 29.5 Å². The molecule has 0 saturated heterocycles. The van der Waals surface area contributed by atoms with E-state index in [0.717, 1.165) is 18.3 Å². The fourth-order valence-electron chi connectivity index (χ4n) is 6.84. The van der Waals surface area contributed by atoms with Gasteiger partial charge in [0.2, 0.25) is 11.8 Å². The summed E-state index contributed by atoms with van der Waals surface area (Å²) in [5.41, 5.74) is 7.13. The van der Waals surface area contributed by atoms with Crippen LogP contribution in [0.15, 0.2) is 18.3 Å². The Hall–Kier alpha value is -3.27. The maximum absolute atomic E-state index is 15.0. The summed E-state index contributed by atoms with van der Waals surface area (Å²) in [6.45, 7) is 6.30. The molecule has 4 N–H and O–H groups in total. The molecule has 10 heteroatoms. The average Bonchev–Trinajstić information content (AvgIpc) is 3.50. The van der Waals surface area contributed by atoms with Crippen LogP contribution in [0.1, 0.15) is 62.6 Å². The Morgan fingerprint density at radius 3 is 2.59 bits per heavy atom. The van der Waals surface area contributed by atoms with Crippen molar-refractivity contribution < 1.29 is 23.5 Å². The molecule has 3 heterocycles. The third-order valence-corrected chi connectivity index (χ3v) is 8.34. The number of pyridine rings is 1. The first-order valence-corrected chi connectivity index (χ1v) is 12.7. The van der Waals surface area contributed by atoms with Gasteiger partial charge in [-0.25, -0.2) is 9.37 Å². The third kappa shape index (κ3) is 4.52. The third-order valence-electron chi connectivity index (χ3n) is 8.34. The molecule has 37 heavy (non-hydrogen) atoms. The van der Waals surface area contributed by atoms with Gasteiger partial charge in [-0.1, -0.05) is 13.8 Å². The standard InChI is InChI=1S/C27H34FN5O4/c1-14(34)31-17-6-16-5-15(9-27(16,10-17)37-4)25(36)32-23-8-18(20(28)12-30-23)19-7-21(24(29)35)33-13-26(2,3)11-22(19)33/h7-8,12,15-17H,5-6,9-11,13H2,1-4H3,(H2,29,35)(H,31,34)(H,30,32,36)/t15-,16+,17+,27+/m0/s1. The minimum atomic E-state index is -0.562. The highest BCUT2D eigenvalue weighted by atomic mass is 19.1. The van der Waals surface area contributed by atoms with Gasteiger partial charge in [-0.3, -0.25) is 14.4 Å². The highest BCUT2D eigenvalue weighted by Crippen LogP contribution is 2.52. The van der Waals surface area contributed by atoms with E-state index in [4.69, 9.17) is 10.5 Å². The molecule has 0 spiro atoms. The first kappa shape index (κ1) is 25.4. The van der Waals surface area contributed by atoms with E-state index in [9.17, 15) is 18.8 Å². The highest BCUT2D eigenvalue weighted by Gasteiger charge is 2.55. The van der Waals surface area contributed by atoms with Crippen molar-refractivity contribution in [2.75, 3.05) is 12.4 Å². The van der Waals surface area contributed by atoms with Gasteiger partial charge in [0.1, 0.15) is 17.3 Å². The smallest absolute Gasteiger partial charge is 0.265 e. The summed E-state index contributed by atoms with van der Waals surface area (Å²) in [4.78, 5) is 40.9. The van der Waals surface area contributed by atoms with Gasteiger partial charge in [0.05, 0.1) is 11.8 Å². The van der Waals surface area contributed by atoms with Gasteiger partial charge in [0.15, 0.2) is 0 Å². The van der Waals surface area contributed by atoms with Crippen LogP contribution in [0.3, 0.4) is 0 Å². The average molecular weight is 512 g/mol. The molecule has 2 aliphatic carbocycles. The van der Waals surface area contributed by atoms with Crippen LogP contribution in [0.4, 0.5) is 10.2 Å². The number of hydrogen-bond donors (Lipinski definition) is 3. The Balaban J connectivity index is 1.36. The minimum absolute atomic E-state index is 0.0483. The Morgan fingerprint density at radius 2 is 1.95 bits per heavy atom. The number of nitrogens with zero attached hydrogens (tertiary/aromatic N) is 2. The van der Waals surface area contributed by atoms with Crippen molar-refractivity contribution in [3.05, 3.63) is 35.5 Å². The zero-order valence-electron chi connectivity index (χ0n) is 21.7. The lowest BCUT2D eigenvalue weighted by Crippen LogP contribution is -2.36. The number of aromatic nitrogens is 2. The summed E-state index contributed by atoms with van der Waals surface area (Å²) in [5, 5.41) is 5.84. The van der Waals surface area contributed by atoms with Crippen molar-refractivity contribution in [1.29, 1.82) is 0 Å². The molecule has 2 saturated carbocycles. The van der Waals surface area contributed by atoms with Crippen molar-refractivity contribution in [2.45, 2.75) is 71.1 Å². The summed E-state index contributed by atoms with van der Waals surface area (Å²) in [6, 6.07) is 3.20. The quantitative estimate of drug-likeness (QED) is 0.549. The zero-order chi connectivity index (χ0) is 26.7. The summed E-state index contributed by atoms with van der Waals surface area (Å²) >= 11 is 0. The van der Waals surface area contributed by atoms with Crippen LogP contribution in [0.25, 0.3) is 11.1 Å². The number of fused-ring (bicyclic) bond motifs is 2. The number of carbonyl (C=O) groups is 3. The summed E-state index contributed by atoms with van der Waals surface area (Å²) in [7, 11) is 1.66. The largest absolute Gasteiger partial charge is 0.378 e. The maximum Gasteiger partial charge on any atom is 0.265 e. The second-order valence-corrected chi connectivity index (χ2v) is 11.7. The van der Waals surface area contributed by atoms with Crippen LogP contribution in [-0.2, 0) is 27.3 Å². The van der Waals surface area contributed by atoms with Crippen molar-refractivity contribution in [3.8, 4) is 11.1 Å². The van der Waals surface area contributed by atoms with E-state index >= 15 is 0 Å². The molecule has 3 amide bonds. The highest BCUT2D eigenvalue weighted by molar-refractivity contribution is 5.95. The monoisotopic (exact) mass is 511 g/mol. The second kappa shape index (κ2) is 8.93. The number of rotatable bonds is 6. The lowest BCUT2D eigenvalue weighted by molar-refractivity contribution is -0.121. The molecule has 5 rings (SSSR count). The topological polar surface area (TPSA) is 128 Å². The number of halogens is 1. The fraction of sp³-hybridized carbons (Fsp3) is 0.556. The number of nitrogens with two attached hydrogens (primary N) is 1. The van der Waals surface area contributed by atoms with Gasteiger partial charge >= 0.3 is 0 Å². The van der Waals surface area contributed by atoms with E-state index < -0.39 is 17.3 Å². The molecule has 0 aromatic carbocycles. The van der Waals surface area contributed by atoms with Crippen molar-refractivity contribution in [2.24, 2.45) is 23.0 Å². The maximum atomic E-state index is 15.0. The van der Waals surface area contributed by atoms with E-state index in [-0.39, 0.29) is 46.5 Å². The van der Waals surface area contributed by atoms with E-state index in [0.29, 0.717) is 43.5 Å². The number of carbonyl (C=O) groups excluding carboxylic acids is 3. The van der Waals surface area contributed by atoms with Crippen LogP contribution < -0.4 is 16.4 Å². The SMILES string of the molecule is CO[C@]12C[C@H](NC(C)=O)C[C@H]1C[C@H](C(=O)Nc1cc(-c3cc(C(N)=O)n4c3CC(C)(C)C4)c(F)cn1)C2. The van der Waals surface area contributed by atoms with Crippen molar-refractivity contribution in [1.82, 2.24) is 14.9 Å². The minimum Gasteiger partial charge on any atom is -0.378 e. The van der Waals surface area contributed by atoms with Crippen LogP contribution in [-0.4, -0.2) is 46.0 Å². The van der Waals surface area contributed by atoms with Gasteiger partial charge in [-0.05, 0) is 55.6 Å². The Morgan fingerprint density at radius 1 is 1.19 bits per heavy atom. The molecular formula is C27H34FN5O4. The number of hydrogen-bond acceptors (Lipinski definition) is 5. The fourth-order valence-corrected chi connectivity index (χ4v) is 6.84. The first-order chi connectivity index (χ1) is 17.4. The second-order valence-electron chi connectivity index (χ2n) is 11.7. The molecule has 2 aromatic rings. The lowest BCUT2D eigenvalue weighted by Gasteiger charge is -2.28. The number of nitrogens with one attached hydrogen (secondary N) is 2. The number of methoxy groups -OCH3 is 1. The lowest BCUT2D eigenvalue weighted by atomic mass is 9.89. The number of anilines is 1. The predicted molar refractivity (Wildman–Crippen MR) is 135 cm³/mol. The first-order valence-electron chi connectivity index (χ1n) is 12.7. The zero-order valence-corrected chi connectivity index (χ0v) is 21.7. The molecular weight excluding hydrogens is 477 g/mol. The number of ether oxygens (including phenoxy) is 1. The van der Waals surface area contributed by atoms with Gasteiger partial charge in [-0.2, -0.15) is 0 Å². The van der Waals surface area contributed by atoms with Crippen LogP contribution in [0.2, 0.25) is 0 Å². The van der Waals surface area contributed by atoms with Crippen LogP contribution in [0, 0.1) is 23.1 Å². The van der Waals surface area contributed by atoms with Gasteiger partial charge in [-0.15, -0.1) is 0 Å². The van der Waals surface area contributed by atoms with Gasteiger partial charge < -0.3 is 25.7 Å². The van der Waals surface area contributed by atoms with Gasteiger partial charge in [0.25, 0.3) is 5.91 Å². The van der Waals surface area contributed by atoms with Gasteiger partial charge in [0, 0.05) is 49.4 Å². The molecule has 3 aliphatic rings. The summed E-state index contributed by atoms with van der Waals surface area (Å²) in [5.74, 6) is -1.21. The molecule has 198 valence electrons. The Bertz CT molecular complexity index is 1290. The number of primary amides is 1.